The molecule has 0 saturated heterocycles. The van der Waals surface area contributed by atoms with Crippen LogP contribution in [0.2, 0.25) is 5.02 Å². The van der Waals surface area contributed by atoms with Gasteiger partial charge in [0.25, 0.3) is 5.91 Å². The average molecular weight is 459 g/mol. The van der Waals surface area contributed by atoms with Crippen molar-refractivity contribution in [3.8, 4) is 11.5 Å². The Labute approximate surface area is 189 Å². The van der Waals surface area contributed by atoms with E-state index in [1.165, 1.54) is 11.8 Å². The van der Waals surface area contributed by atoms with E-state index in [1.807, 2.05) is 24.3 Å². The molecular weight excluding hydrogens is 436 g/mol. The molecule has 9 heteroatoms. The van der Waals surface area contributed by atoms with Crippen LogP contribution in [0.3, 0.4) is 0 Å². The maximum absolute atomic E-state index is 13.1. The molecule has 162 valence electrons. The van der Waals surface area contributed by atoms with Gasteiger partial charge in [0.1, 0.15) is 5.70 Å². The van der Waals surface area contributed by atoms with Crippen molar-refractivity contribution in [1.82, 2.24) is 10.3 Å². The Morgan fingerprint density at radius 2 is 1.94 bits per heavy atom. The summed E-state index contributed by atoms with van der Waals surface area (Å²) < 4.78 is 10.8. The number of carbonyl (C=O) groups is 1. The lowest BCUT2D eigenvalue weighted by atomic mass is 10.1. The lowest BCUT2D eigenvalue weighted by Crippen LogP contribution is -2.50. The molecule has 0 radical (unpaired) electrons. The Morgan fingerprint density at radius 3 is 2.68 bits per heavy atom. The van der Waals surface area contributed by atoms with E-state index in [4.69, 9.17) is 31.2 Å². The summed E-state index contributed by atoms with van der Waals surface area (Å²) in [5.41, 5.74) is 1.11. The monoisotopic (exact) mass is 458 g/mol. The summed E-state index contributed by atoms with van der Waals surface area (Å²) in [5.74, 6) is 1.71. The summed E-state index contributed by atoms with van der Waals surface area (Å²) in [6.45, 7) is 2.13. The summed E-state index contributed by atoms with van der Waals surface area (Å²) >= 11 is 8.14. The SMILES string of the molecule is CCCCSC1=NN2C(=c3ccccc3=N[C@@H]2c2cc(OC)c(OC)cc2Cl)C(=O)N1. The van der Waals surface area contributed by atoms with Crippen molar-refractivity contribution in [3.05, 3.63) is 57.6 Å². The van der Waals surface area contributed by atoms with Gasteiger partial charge < -0.3 is 9.47 Å². The number of hydrazone groups is 1. The van der Waals surface area contributed by atoms with Crippen molar-refractivity contribution in [2.75, 3.05) is 20.0 Å². The van der Waals surface area contributed by atoms with E-state index in [0.29, 0.717) is 38.3 Å². The van der Waals surface area contributed by atoms with Gasteiger partial charge in [-0.1, -0.05) is 54.9 Å². The van der Waals surface area contributed by atoms with E-state index in [2.05, 4.69) is 12.2 Å². The Kier molecular flexibility index (Phi) is 6.38. The Morgan fingerprint density at radius 1 is 1.19 bits per heavy atom. The molecule has 0 saturated carbocycles. The minimum absolute atomic E-state index is 0.210. The number of halogens is 1. The molecule has 2 heterocycles. The quantitative estimate of drug-likeness (QED) is 0.673. The fraction of sp³-hybridized carbons (Fsp3) is 0.318. The molecular formula is C22H23ClN4O3S. The second-order valence-electron chi connectivity index (χ2n) is 7.00. The standard InChI is InChI=1S/C22H23ClN4O3S/c1-4-5-10-31-22-25-21(28)19-13-8-6-7-9-16(13)24-20(27(19)26-22)14-11-17(29-2)18(30-3)12-15(14)23/h6-9,11-12,20H,4-5,10H2,1-3H3,(H,25,26,28)/t20-/m0/s1. The van der Waals surface area contributed by atoms with E-state index in [1.54, 1.807) is 31.4 Å². The van der Waals surface area contributed by atoms with Crippen LogP contribution in [-0.2, 0) is 4.79 Å². The molecule has 0 aromatic heterocycles. The third-order valence-electron chi connectivity index (χ3n) is 5.03. The normalized spacial score (nSPS) is 17.2. The molecule has 7 nitrogen and oxygen atoms in total. The second-order valence-corrected chi connectivity index (χ2v) is 8.49. The number of rotatable bonds is 6. The number of methoxy groups -OCH3 is 2. The van der Waals surface area contributed by atoms with Gasteiger partial charge in [0, 0.05) is 22.6 Å². The van der Waals surface area contributed by atoms with Crippen molar-refractivity contribution < 1.29 is 14.3 Å². The molecule has 0 aliphatic carbocycles. The van der Waals surface area contributed by atoms with Gasteiger partial charge in [0.15, 0.2) is 22.8 Å². The van der Waals surface area contributed by atoms with E-state index < -0.39 is 6.17 Å². The van der Waals surface area contributed by atoms with Crippen molar-refractivity contribution in [3.63, 3.8) is 0 Å². The largest absolute Gasteiger partial charge is 0.493 e. The lowest BCUT2D eigenvalue weighted by molar-refractivity contribution is -0.116. The molecule has 0 spiro atoms. The number of fused-ring (bicyclic) bond motifs is 2. The van der Waals surface area contributed by atoms with Gasteiger partial charge in [0.05, 0.1) is 24.6 Å². The highest BCUT2D eigenvalue weighted by molar-refractivity contribution is 8.13. The van der Waals surface area contributed by atoms with Crippen molar-refractivity contribution >= 4 is 40.1 Å². The van der Waals surface area contributed by atoms with Crippen molar-refractivity contribution in [2.45, 2.75) is 25.9 Å². The molecule has 0 unspecified atom stereocenters. The fourth-order valence-electron chi connectivity index (χ4n) is 3.48. The Bertz CT molecular complexity index is 1170. The van der Waals surface area contributed by atoms with Gasteiger partial charge in [-0.15, -0.1) is 5.10 Å². The first-order valence-corrected chi connectivity index (χ1v) is 11.3. The first-order valence-electron chi connectivity index (χ1n) is 9.98. The smallest absolute Gasteiger partial charge is 0.276 e. The van der Waals surface area contributed by atoms with Gasteiger partial charge in [0.2, 0.25) is 0 Å². The number of thioether (sulfide) groups is 1. The zero-order chi connectivity index (χ0) is 22.0. The molecule has 0 fully saturated rings. The number of unbranched alkanes of at least 4 members (excludes halogenated alkanes) is 1. The number of carbonyl (C=O) groups excluding carboxylic acids is 1. The number of para-hydroxylation sites is 1. The zero-order valence-corrected chi connectivity index (χ0v) is 19.1. The predicted octanol–water partition coefficient (Wildman–Crippen LogP) is 3.03. The number of benzene rings is 2. The summed E-state index contributed by atoms with van der Waals surface area (Å²) in [6.07, 6.45) is 1.49. The third kappa shape index (κ3) is 4.09. The summed E-state index contributed by atoms with van der Waals surface area (Å²) in [5, 5.41) is 11.8. The molecule has 0 bridgehead atoms. The number of hydrogen-bond donors (Lipinski definition) is 1. The van der Waals surface area contributed by atoms with Gasteiger partial charge in [-0.25, -0.2) is 5.01 Å². The number of nitrogens with one attached hydrogen (secondary N) is 1. The third-order valence-corrected chi connectivity index (χ3v) is 6.31. The molecule has 2 aliphatic heterocycles. The molecule has 1 atom stereocenters. The van der Waals surface area contributed by atoms with E-state index in [9.17, 15) is 4.79 Å². The highest BCUT2D eigenvalue weighted by atomic mass is 35.5. The first-order chi connectivity index (χ1) is 15.1. The van der Waals surface area contributed by atoms with Crippen LogP contribution in [-0.4, -0.2) is 36.1 Å². The van der Waals surface area contributed by atoms with E-state index in [-0.39, 0.29) is 5.91 Å². The van der Waals surface area contributed by atoms with Crippen LogP contribution < -0.4 is 25.4 Å². The van der Waals surface area contributed by atoms with Crippen LogP contribution in [0.1, 0.15) is 31.5 Å². The van der Waals surface area contributed by atoms with Gasteiger partial charge in [-0.3, -0.25) is 15.1 Å². The first kappa shape index (κ1) is 21.5. The zero-order valence-electron chi connectivity index (χ0n) is 17.5. The summed E-state index contributed by atoms with van der Waals surface area (Å²) in [7, 11) is 3.12. The minimum atomic E-state index is -0.620. The predicted molar refractivity (Wildman–Crippen MR) is 123 cm³/mol. The summed E-state index contributed by atoms with van der Waals surface area (Å²) in [6, 6.07) is 11.0. The van der Waals surface area contributed by atoms with Crippen LogP contribution in [0.5, 0.6) is 11.5 Å². The van der Waals surface area contributed by atoms with Crippen LogP contribution in [0.15, 0.2) is 46.5 Å². The highest BCUT2D eigenvalue weighted by Gasteiger charge is 2.35. The maximum Gasteiger partial charge on any atom is 0.276 e. The van der Waals surface area contributed by atoms with Crippen LogP contribution >= 0.6 is 23.4 Å². The van der Waals surface area contributed by atoms with Crippen molar-refractivity contribution in [2.24, 2.45) is 10.1 Å². The number of hydrogen-bond acceptors (Lipinski definition) is 7. The van der Waals surface area contributed by atoms with E-state index in [0.717, 1.165) is 23.8 Å². The van der Waals surface area contributed by atoms with Gasteiger partial charge >= 0.3 is 0 Å². The van der Waals surface area contributed by atoms with E-state index >= 15 is 0 Å². The van der Waals surface area contributed by atoms with Gasteiger partial charge in [-0.05, 0) is 18.6 Å². The number of amidine groups is 1. The molecule has 1 N–H and O–H groups in total. The molecule has 1 amide bonds. The topological polar surface area (TPSA) is 75.5 Å². The van der Waals surface area contributed by atoms with Crippen LogP contribution in [0.4, 0.5) is 0 Å². The van der Waals surface area contributed by atoms with Crippen LogP contribution in [0.25, 0.3) is 5.70 Å². The minimum Gasteiger partial charge on any atom is -0.493 e. The second kappa shape index (κ2) is 9.20. The van der Waals surface area contributed by atoms with Gasteiger partial charge in [-0.2, -0.15) is 0 Å². The fourth-order valence-corrected chi connectivity index (χ4v) is 4.66. The molecule has 4 rings (SSSR count). The lowest BCUT2D eigenvalue weighted by Gasteiger charge is -2.34. The molecule has 31 heavy (non-hydrogen) atoms. The van der Waals surface area contributed by atoms with Crippen LogP contribution in [0, 0.1) is 0 Å². The molecule has 2 aromatic carbocycles. The highest BCUT2D eigenvalue weighted by Crippen LogP contribution is 2.40. The number of amides is 1. The molecule has 2 aromatic rings. The maximum atomic E-state index is 13.1. The Balaban J connectivity index is 1.88. The number of nitrogens with zero attached hydrogens (tertiary/aromatic N) is 3. The summed E-state index contributed by atoms with van der Waals surface area (Å²) in [4.78, 5) is 18.0. The number of ether oxygens (including phenoxy) is 2. The average Bonchev–Trinajstić information content (AvgIpc) is 2.78. The van der Waals surface area contributed by atoms with Crippen molar-refractivity contribution in [1.29, 1.82) is 0 Å². The molecule has 2 aliphatic rings. The Hall–Kier alpha value is -2.71.